The summed E-state index contributed by atoms with van der Waals surface area (Å²) in [5.74, 6) is 2.92. The summed E-state index contributed by atoms with van der Waals surface area (Å²) in [4.78, 5) is 12.8. The first-order valence-electron chi connectivity index (χ1n) is 9.57. The summed E-state index contributed by atoms with van der Waals surface area (Å²) in [5, 5.41) is 18.8. The SMILES string of the molecule is COc1cccc(N2CC[C@H](O)C2)n1.COc1nc(N2CC[C@H](O)C2)ccc1Br. The smallest absolute Gasteiger partial charge is 0.229 e. The Morgan fingerprint density at radius 3 is 2.03 bits per heavy atom. The highest BCUT2D eigenvalue weighted by molar-refractivity contribution is 9.10. The van der Waals surface area contributed by atoms with Crippen LogP contribution in [0, 0.1) is 0 Å². The van der Waals surface area contributed by atoms with E-state index < -0.39 is 0 Å². The van der Waals surface area contributed by atoms with Gasteiger partial charge in [-0.05, 0) is 47.0 Å². The highest BCUT2D eigenvalue weighted by Crippen LogP contribution is 2.27. The Balaban J connectivity index is 0.000000166. The van der Waals surface area contributed by atoms with Crippen LogP contribution in [0.1, 0.15) is 12.8 Å². The lowest BCUT2D eigenvalue weighted by atomic mass is 10.3. The van der Waals surface area contributed by atoms with Crippen molar-refractivity contribution in [1.29, 1.82) is 0 Å². The van der Waals surface area contributed by atoms with Crippen LogP contribution >= 0.6 is 15.9 Å². The molecule has 0 aliphatic carbocycles. The maximum Gasteiger partial charge on any atom is 0.229 e. The molecule has 0 bridgehead atoms. The van der Waals surface area contributed by atoms with Crippen LogP contribution in [0.15, 0.2) is 34.8 Å². The Morgan fingerprint density at radius 2 is 1.52 bits per heavy atom. The van der Waals surface area contributed by atoms with Gasteiger partial charge in [0.2, 0.25) is 11.8 Å². The number of β-amino-alcohol motifs (C(OH)–C–C–N with tert-alkyl or cyclic N) is 2. The molecule has 2 N–H and O–H groups in total. The van der Waals surface area contributed by atoms with Crippen molar-refractivity contribution < 1.29 is 19.7 Å². The predicted molar refractivity (Wildman–Crippen MR) is 115 cm³/mol. The third kappa shape index (κ3) is 5.71. The second-order valence-corrected chi connectivity index (χ2v) is 7.83. The van der Waals surface area contributed by atoms with Crippen LogP contribution in [0.4, 0.5) is 11.6 Å². The lowest BCUT2D eigenvalue weighted by molar-refractivity contribution is 0.198. The number of rotatable bonds is 4. The number of halogens is 1. The molecule has 2 aromatic rings. The second kappa shape index (κ2) is 10.1. The Labute approximate surface area is 179 Å². The van der Waals surface area contributed by atoms with E-state index in [1.54, 1.807) is 14.2 Å². The molecule has 0 aromatic carbocycles. The number of hydrogen-bond donors (Lipinski definition) is 2. The average Bonchev–Trinajstić information content (AvgIpc) is 3.37. The van der Waals surface area contributed by atoms with Crippen LogP contribution < -0.4 is 19.3 Å². The van der Waals surface area contributed by atoms with Gasteiger partial charge in [-0.1, -0.05) is 6.07 Å². The van der Waals surface area contributed by atoms with Gasteiger partial charge in [0.05, 0.1) is 30.9 Å². The fourth-order valence-electron chi connectivity index (χ4n) is 3.33. The van der Waals surface area contributed by atoms with Gasteiger partial charge in [0.1, 0.15) is 11.6 Å². The van der Waals surface area contributed by atoms with E-state index in [-0.39, 0.29) is 12.2 Å². The van der Waals surface area contributed by atoms with Gasteiger partial charge >= 0.3 is 0 Å². The molecule has 8 nitrogen and oxygen atoms in total. The van der Waals surface area contributed by atoms with Gasteiger partial charge in [-0.25, -0.2) is 0 Å². The van der Waals surface area contributed by atoms with E-state index in [1.165, 1.54) is 0 Å². The topological polar surface area (TPSA) is 91.2 Å². The van der Waals surface area contributed by atoms with Gasteiger partial charge in [0.25, 0.3) is 0 Å². The van der Waals surface area contributed by atoms with Crippen LogP contribution in [-0.2, 0) is 0 Å². The van der Waals surface area contributed by atoms with Crippen LogP contribution in [0.25, 0.3) is 0 Å². The number of aliphatic hydroxyl groups excluding tert-OH is 2. The first-order chi connectivity index (χ1) is 14.0. The maximum atomic E-state index is 9.43. The Kier molecular flexibility index (Phi) is 7.51. The lowest BCUT2D eigenvalue weighted by Crippen LogP contribution is -2.22. The molecule has 158 valence electrons. The molecule has 9 heteroatoms. The van der Waals surface area contributed by atoms with Crippen molar-refractivity contribution in [2.24, 2.45) is 0 Å². The largest absolute Gasteiger partial charge is 0.481 e. The van der Waals surface area contributed by atoms with Crippen molar-refractivity contribution in [3.8, 4) is 11.8 Å². The molecule has 0 spiro atoms. The molecule has 4 rings (SSSR count). The van der Waals surface area contributed by atoms with Crippen LogP contribution in [0.5, 0.6) is 11.8 Å². The number of methoxy groups -OCH3 is 2. The van der Waals surface area contributed by atoms with Crippen molar-refractivity contribution in [2.75, 3.05) is 50.2 Å². The predicted octanol–water partition coefficient (Wildman–Crippen LogP) is 2.08. The normalized spacial score (nSPS) is 21.0. The molecule has 0 unspecified atom stereocenters. The summed E-state index contributed by atoms with van der Waals surface area (Å²) in [7, 11) is 3.20. The van der Waals surface area contributed by atoms with Gasteiger partial charge in [-0.2, -0.15) is 9.97 Å². The minimum Gasteiger partial charge on any atom is -0.481 e. The number of pyridine rings is 2. The van der Waals surface area contributed by atoms with E-state index in [0.717, 1.165) is 42.0 Å². The molecular weight excluding hydrogens is 440 g/mol. The fourth-order valence-corrected chi connectivity index (χ4v) is 3.71. The van der Waals surface area contributed by atoms with Gasteiger partial charge in [0, 0.05) is 32.2 Å². The summed E-state index contributed by atoms with van der Waals surface area (Å²) in [6.45, 7) is 3.03. The molecule has 0 radical (unpaired) electrons. The minimum absolute atomic E-state index is 0.219. The van der Waals surface area contributed by atoms with Gasteiger partial charge in [-0.15, -0.1) is 0 Å². The third-order valence-corrected chi connectivity index (χ3v) is 5.49. The van der Waals surface area contributed by atoms with Crippen molar-refractivity contribution in [2.45, 2.75) is 25.0 Å². The highest BCUT2D eigenvalue weighted by atomic mass is 79.9. The van der Waals surface area contributed by atoms with E-state index in [1.807, 2.05) is 30.3 Å². The summed E-state index contributed by atoms with van der Waals surface area (Å²) >= 11 is 3.36. The summed E-state index contributed by atoms with van der Waals surface area (Å²) < 4.78 is 11.0. The number of hydrogen-bond acceptors (Lipinski definition) is 8. The van der Waals surface area contributed by atoms with E-state index >= 15 is 0 Å². The zero-order valence-corrected chi connectivity index (χ0v) is 18.2. The van der Waals surface area contributed by atoms with E-state index in [2.05, 4.69) is 35.7 Å². The van der Waals surface area contributed by atoms with Crippen LogP contribution in [0.3, 0.4) is 0 Å². The first kappa shape index (κ1) is 21.6. The quantitative estimate of drug-likeness (QED) is 0.707. The van der Waals surface area contributed by atoms with E-state index in [9.17, 15) is 10.2 Å². The average molecular weight is 467 g/mol. The molecule has 2 aliphatic rings. The standard InChI is InChI=1S/C10H13BrN2O2.C10H14N2O2/c1-15-10-8(11)2-3-9(12-10)13-5-4-7(14)6-13;1-14-10-4-2-3-9(11-10)12-6-5-8(13)7-12/h2-3,7,14H,4-6H2,1H3;2-4,8,13H,5-7H2,1H3/t7-;8-/m00/s1. The number of ether oxygens (including phenoxy) is 2. The number of nitrogens with zero attached hydrogens (tertiary/aromatic N) is 4. The molecule has 4 heterocycles. The van der Waals surface area contributed by atoms with E-state index in [4.69, 9.17) is 9.47 Å². The minimum atomic E-state index is -0.235. The monoisotopic (exact) mass is 466 g/mol. The summed E-state index contributed by atoms with van der Waals surface area (Å²) in [5.41, 5.74) is 0. The molecule has 2 aliphatic heterocycles. The third-order valence-electron chi connectivity index (χ3n) is 4.89. The molecule has 0 saturated carbocycles. The number of aliphatic hydroxyl groups is 2. The van der Waals surface area contributed by atoms with E-state index in [0.29, 0.717) is 24.8 Å². The van der Waals surface area contributed by atoms with Crippen molar-refractivity contribution >= 4 is 27.6 Å². The maximum absolute atomic E-state index is 9.43. The Hall–Kier alpha value is -2.10. The number of anilines is 2. The number of aromatic nitrogens is 2. The van der Waals surface area contributed by atoms with Gasteiger partial charge in [0.15, 0.2) is 0 Å². The lowest BCUT2D eigenvalue weighted by Gasteiger charge is -2.17. The molecule has 0 amide bonds. The Bertz CT molecular complexity index is 810. The molecule has 2 fully saturated rings. The van der Waals surface area contributed by atoms with Crippen molar-refractivity contribution in [3.05, 3.63) is 34.8 Å². The van der Waals surface area contributed by atoms with Crippen LogP contribution in [0.2, 0.25) is 0 Å². The second-order valence-electron chi connectivity index (χ2n) is 6.98. The fraction of sp³-hybridized carbons (Fsp3) is 0.500. The zero-order valence-electron chi connectivity index (χ0n) is 16.7. The summed E-state index contributed by atoms with van der Waals surface area (Å²) in [6, 6.07) is 9.49. The molecule has 2 aromatic heterocycles. The zero-order chi connectivity index (χ0) is 20.8. The Morgan fingerprint density at radius 1 is 0.897 bits per heavy atom. The first-order valence-corrected chi connectivity index (χ1v) is 10.4. The van der Waals surface area contributed by atoms with Gasteiger partial charge < -0.3 is 29.5 Å². The summed E-state index contributed by atoms with van der Waals surface area (Å²) in [6.07, 6.45) is 1.17. The van der Waals surface area contributed by atoms with Crippen molar-refractivity contribution in [3.63, 3.8) is 0 Å². The van der Waals surface area contributed by atoms with Crippen LogP contribution in [-0.4, -0.2) is 72.8 Å². The molecule has 2 saturated heterocycles. The molecule has 29 heavy (non-hydrogen) atoms. The molecular formula is C20H27BrN4O4. The molecule has 2 atom stereocenters. The highest BCUT2D eigenvalue weighted by Gasteiger charge is 2.22. The van der Waals surface area contributed by atoms with Crippen molar-refractivity contribution in [1.82, 2.24) is 9.97 Å². The van der Waals surface area contributed by atoms with Gasteiger partial charge in [-0.3, -0.25) is 0 Å².